The van der Waals surface area contributed by atoms with Crippen molar-refractivity contribution in [2.45, 2.75) is 20.8 Å². The number of ketones is 1. The molecule has 11 aromatic rings. The standard InChI is InChI=1S/C20H19N5O2.C16H10FN3O2.C11H6BrFO3.C5H7N3.C4H10N2/c1-13-10-22-20-23-17(12-25(20)11-13)16-8-14-2-3-15(9-18(14)27-19(16)26)24-6-4-21-5-7-24;1-9-6-18-16-19-13(8-20(16)7-9)12-4-10-2-3-11(17)5-14(10)22-15(12)21;12-5-9(14)8-3-6-1-2-7(13)4-10(6)16-11(8)15;1-4-2-7-5(6)8-3-4;1-2-6-4-3-5-1/h2-3,8-12,21H,4-7H2,1H3;2-8H,1H3;1-4H,5H2;2-3H,1H3,(H2,6,7,8);5-6H,1-4H2. The number of hydrogen-bond acceptors (Lipinski definition) is 18. The molecule has 0 saturated carbocycles. The van der Waals surface area contributed by atoms with Gasteiger partial charge in [0.05, 0.1) is 27.8 Å². The summed E-state index contributed by atoms with van der Waals surface area (Å²) in [6.45, 7) is 14.2. The fourth-order valence-electron chi connectivity index (χ4n) is 8.25. The number of aryl methyl sites for hydroxylation is 3. The predicted molar refractivity (Wildman–Crippen MR) is 301 cm³/mol. The highest BCUT2D eigenvalue weighted by molar-refractivity contribution is 9.09. The van der Waals surface area contributed by atoms with Gasteiger partial charge in [0.15, 0.2) is 5.78 Å². The van der Waals surface area contributed by atoms with Gasteiger partial charge in [0.25, 0.3) is 0 Å². The monoisotopic (exact) mass is 1140 g/mol. The van der Waals surface area contributed by atoms with Crippen molar-refractivity contribution in [2.24, 2.45) is 0 Å². The molecule has 3 aromatic carbocycles. The molecule has 79 heavy (non-hydrogen) atoms. The number of carbonyl (C=O) groups excluding carboxylic acids is 1. The minimum Gasteiger partial charge on any atom is -0.422 e. The van der Waals surface area contributed by atoms with E-state index in [1.807, 2.05) is 62.0 Å². The Morgan fingerprint density at radius 2 is 1.01 bits per heavy atom. The van der Waals surface area contributed by atoms with Crippen molar-refractivity contribution >= 4 is 77.8 Å². The number of nitrogens with one attached hydrogen (secondary N) is 3. The van der Waals surface area contributed by atoms with Crippen LogP contribution in [0.2, 0.25) is 0 Å². The normalized spacial score (nSPS) is 13.2. The third-order valence-corrected chi connectivity index (χ3v) is 12.7. The van der Waals surface area contributed by atoms with Gasteiger partial charge in [-0.05, 0) is 92.1 Å². The van der Waals surface area contributed by atoms with Crippen LogP contribution in [0, 0.1) is 32.4 Å². The second-order valence-electron chi connectivity index (χ2n) is 18.3. The lowest BCUT2D eigenvalue weighted by Gasteiger charge is -2.29. The van der Waals surface area contributed by atoms with Gasteiger partial charge in [-0.1, -0.05) is 15.9 Å². The van der Waals surface area contributed by atoms with E-state index in [0.717, 1.165) is 86.2 Å². The van der Waals surface area contributed by atoms with Crippen LogP contribution in [0.4, 0.5) is 20.4 Å². The van der Waals surface area contributed by atoms with Crippen molar-refractivity contribution in [3.63, 3.8) is 0 Å². The molecular formula is C56H52BrF2N13O7. The van der Waals surface area contributed by atoms with Crippen LogP contribution in [0.15, 0.2) is 150 Å². The van der Waals surface area contributed by atoms with Crippen molar-refractivity contribution in [2.75, 3.05) is 68.3 Å². The first-order valence-electron chi connectivity index (χ1n) is 24.9. The third-order valence-electron chi connectivity index (χ3n) is 12.2. The molecule has 2 aliphatic rings. The van der Waals surface area contributed by atoms with Crippen LogP contribution in [0.1, 0.15) is 27.0 Å². The van der Waals surface area contributed by atoms with Crippen molar-refractivity contribution < 1.29 is 26.8 Å². The summed E-state index contributed by atoms with van der Waals surface area (Å²) in [6, 6.07) is 18.8. The molecule has 20 nitrogen and oxygen atoms in total. The van der Waals surface area contributed by atoms with Gasteiger partial charge in [-0.2, -0.15) is 0 Å². The molecule has 10 heterocycles. The smallest absolute Gasteiger partial charge is 0.347 e. The zero-order valence-electron chi connectivity index (χ0n) is 43.0. The molecule has 404 valence electrons. The SMILES string of the molecule is C1CNCCN1.Cc1cnc(N)nc1.Cc1cnc2nc(-c3cc4ccc(F)cc4oc3=O)cn2c1.Cc1cnc2nc(-c3cc4ccc(N5CCNCC5)cc4oc3=O)cn2c1.O=C(CBr)c1cc2ccc(F)cc2oc1=O. The number of piperazine rings is 2. The summed E-state index contributed by atoms with van der Waals surface area (Å²) in [4.78, 5) is 74.6. The van der Waals surface area contributed by atoms with Crippen LogP contribution in [0.25, 0.3) is 67.0 Å². The van der Waals surface area contributed by atoms with E-state index in [4.69, 9.17) is 19.0 Å². The molecule has 2 aliphatic heterocycles. The maximum Gasteiger partial charge on any atom is 0.347 e. The number of halogens is 3. The molecule has 8 aromatic heterocycles. The number of carbonyl (C=O) groups is 1. The summed E-state index contributed by atoms with van der Waals surface area (Å²) in [5.74, 6) is 0.0879. The summed E-state index contributed by atoms with van der Waals surface area (Å²) in [6.07, 6.45) is 14.2. The van der Waals surface area contributed by atoms with Crippen molar-refractivity contribution in [3.8, 4) is 22.5 Å². The first-order valence-corrected chi connectivity index (χ1v) is 26.0. The number of imidazole rings is 2. The molecule has 0 amide bonds. The van der Waals surface area contributed by atoms with E-state index in [2.05, 4.69) is 72.8 Å². The number of nitrogens with zero attached hydrogens (tertiary/aromatic N) is 9. The quantitative estimate of drug-likeness (QED) is 0.0753. The number of alkyl halides is 1. The predicted octanol–water partition coefficient (Wildman–Crippen LogP) is 7.23. The second-order valence-corrected chi connectivity index (χ2v) is 18.8. The number of nitrogens with two attached hydrogens (primary N) is 1. The summed E-state index contributed by atoms with van der Waals surface area (Å²) < 4.78 is 45.3. The maximum atomic E-state index is 13.2. The van der Waals surface area contributed by atoms with Gasteiger partial charge in [0, 0.05) is 142 Å². The van der Waals surface area contributed by atoms with Gasteiger partial charge in [-0.15, -0.1) is 0 Å². The second kappa shape index (κ2) is 25.1. The molecule has 0 unspecified atom stereocenters. The van der Waals surface area contributed by atoms with Crippen LogP contribution < -0.4 is 43.5 Å². The van der Waals surface area contributed by atoms with E-state index in [0.29, 0.717) is 56.4 Å². The van der Waals surface area contributed by atoms with Crippen LogP contribution in [0.5, 0.6) is 0 Å². The highest BCUT2D eigenvalue weighted by Gasteiger charge is 2.17. The van der Waals surface area contributed by atoms with Gasteiger partial charge in [-0.3, -0.25) is 13.6 Å². The molecule has 0 aliphatic carbocycles. The molecular weight excluding hydrogens is 1080 g/mol. The zero-order chi connectivity index (χ0) is 55.6. The van der Waals surface area contributed by atoms with E-state index in [-0.39, 0.29) is 33.5 Å². The Kier molecular flexibility index (Phi) is 17.4. The lowest BCUT2D eigenvalue weighted by atomic mass is 10.1. The largest absolute Gasteiger partial charge is 0.422 e. The summed E-state index contributed by atoms with van der Waals surface area (Å²) >= 11 is 2.97. The molecule has 2 saturated heterocycles. The number of fused-ring (bicyclic) bond motifs is 5. The van der Waals surface area contributed by atoms with E-state index < -0.39 is 22.9 Å². The van der Waals surface area contributed by atoms with Crippen LogP contribution >= 0.6 is 15.9 Å². The average molecular weight is 1140 g/mol. The average Bonchev–Trinajstić information content (AvgIpc) is 4.16. The molecule has 2 fully saturated rings. The minimum atomic E-state index is -0.748. The van der Waals surface area contributed by atoms with Crippen LogP contribution in [-0.2, 0) is 0 Å². The Morgan fingerprint density at radius 3 is 1.49 bits per heavy atom. The number of anilines is 2. The molecule has 5 N–H and O–H groups in total. The van der Waals surface area contributed by atoms with Gasteiger partial charge < -0.3 is 39.8 Å². The van der Waals surface area contributed by atoms with Crippen molar-refractivity contribution in [3.05, 3.63) is 188 Å². The first-order chi connectivity index (χ1) is 38.2. The van der Waals surface area contributed by atoms with Crippen molar-refractivity contribution in [1.29, 1.82) is 0 Å². The number of rotatable bonds is 5. The van der Waals surface area contributed by atoms with Gasteiger partial charge in [0.2, 0.25) is 17.5 Å². The number of Topliss-reactive ketones (excluding diaryl/α,β-unsaturated/α-hetero) is 1. The molecule has 13 rings (SSSR count). The summed E-state index contributed by atoms with van der Waals surface area (Å²) in [5, 5.41) is 11.9. The van der Waals surface area contributed by atoms with Crippen LogP contribution in [-0.4, -0.2) is 102 Å². The van der Waals surface area contributed by atoms with Gasteiger partial charge >= 0.3 is 16.9 Å². The van der Waals surface area contributed by atoms with Crippen molar-refractivity contribution in [1.82, 2.24) is 54.7 Å². The Balaban J connectivity index is 0.000000130. The number of aromatic nitrogens is 8. The van der Waals surface area contributed by atoms with E-state index in [1.54, 1.807) is 47.5 Å². The fraction of sp³-hybridized carbons (Fsp3) is 0.214. The molecule has 0 spiro atoms. The van der Waals surface area contributed by atoms with Gasteiger partial charge in [-0.25, -0.2) is 53.1 Å². The molecule has 0 atom stereocenters. The number of nitrogen functional groups attached to an aromatic ring is 1. The number of benzene rings is 3. The Hall–Kier alpha value is -8.90. The molecule has 0 radical (unpaired) electrons. The maximum absolute atomic E-state index is 13.2. The summed E-state index contributed by atoms with van der Waals surface area (Å²) in [7, 11) is 0. The molecule has 23 heteroatoms. The number of hydrogen-bond donors (Lipinski definition) is 4. The van der Waals surface area contributed by atoms with E-state index in [1.165, 1.54) is 30.3 Å². The summed E-state index contributed by atoms with van der Waals surface area (Å²) in [5.41, 5.74) is 10.3. The lowest BCUT2D eigenvalue weighted by Crippen LogP contribution is -2.43. The van der Waals surface area contributed by atoms with E-state index >= 15 is 0 Å². The Morgan fingerprint density at radius 1 is 0.570 bits per heavy atom. The first kappa shape index (κ1) is 54.9. The molecule has 0 bridgehead atoms. The minimum absolute atomic E-state index is 0.0315. The third kappa shape index (κ3) is 13.8. The highest BCUT2D eigenvalue weighted by Crippen LogP contribution is 2.26. The Bertz CT molecular complexity index is 4120. The highest BCUT2D eigenvalue weighted by atomic mass is 79.9. The van der Waals surface area contributed by atoms with E-state index in [9.17, 15) is 28.0 Å². The van der Waals surface area contributed by atoms with Gasteiger partial charge in [0.1, 0.15) is 33.9 Å². The van der Waals surface area contributed by atoms with Crippen LogP contribution in [0.3, 0.4) is 0 Å². The Labute approximate surface area is 456 Å². The zero-order valence-corrected chi connectivity index (χ0v) is 44.6. The lowest BCUT2D eigenvalue weighted by molar-refractivity contribution is 0.102. The fourth-order valence-corrected chi connectivity index (χ4v) is 8.55. The topological polar surface area (TPSA) is 259 Å².